The smallest absolute Gasteiger partial charge is 0.323 e. The van der Waals surface area contributed by atoms with Crippen LogP contribution in [0, 0.1) is 0 Å². The largest absolute Gasteiger partial charge is 0.496 e. The number of unbranched alkanes of at least 4 members (excludes halogenated alkanes) is 3. The molecule has 2 amide bonds. The molecule has 0 saturated heterocycles. The molecule has 4 N–H and O–H groups in total. The summed E-state index contributed by atoms with van der Waals surface area (Å²) in [7, 11) is -0.710. The fourth-order valence-electron chi connectivity index (χ4n) is 6.47. The normalized spacial score (nSPS) is 11.5. The molecule has 0 aliphatic carbocycles. The number of nitrogens with zero attached hydrogens (tertiary/aromatic N) is 1. The van der Waals surface area contributed by atoms with Crippen LogP contribution in [-0.2, 0) is 26.7 Å². The van der Waals surface area contributed by atoms with E-state index in [0.717, 1.165) is 46.7 Å². The number of ketones is 1. The molecule has 58 heavy (non-hydrogen) atoms. The van der Waals surface area contributed by atoms with E-state index in [1.165, 1.54) is 14.2 Å². The van der Waals surface area contributed by atoms with Crippen LogP contribution in [-0.4, -0.2) is 56.8 Å². The van der Waals surface area contributed by atoms with Crippen LogP contribution in [0.5, 0.6) is 23.0 Å². The van der Waals surface area contributed by atoms with Crippen LogP contribution in [0.3, 0.4) is 0 Å². The summed E-state index contributed by atoms with van der Waals surface area (Å²) in [6.07, 6.45) is 6.51. The number of Topliss-reactive ketones (excluding diaryl/α,β-unsaturated/α-hetero) is 1. The Kier molecular flexibility index (Phi) is 14.0. The highest BCUT2D eigenvalue weighted by Crippen LogP contribution is 2.40. The van der Waals surface area contributed by atoms with Gasteiger partial charge in [-0.2, -0.15) is 0 Å². The minimum absolute atomic E-state index is 0.0200. The third kappa shape index (κ3) is 11.7. The van der Waals surface area contributed by atoms with Crippen LogP contribution in [0.4, 0.5) is 21.9 Å². The van der Waals surface area contributed by atoms with Gasteiger partial charge in [-0.05, 0) is 71.8 Å². The number of ether oxygens (including phenoxy) is 3. The number of hydrogen-bond acceptors (Lipinski definition) is 9. The monoisotopic (exact) mass is 810 g/mol. The van der Waals surface area contributed by atoms with Gasteiger partial charge in [-0.25, -0.2) is 13.2 Å². The van der Waals surface area contributed by atoms with Crippen LogP contribution < -0.4 is 29.6 Å². The van der Waals surface area contributed by atoms with Crippen molar-refractivity contribution in [2.75, 3.05) is 35.8 Å². The molecule has 4 aromatic carbocycles. The minimum Gasteiger partial charge on any atom is -0.496 e. The van der Waals surface area contributed by atoms with E-state index in [1.807, 2.05) is 63.2 Å². The summed E-state index contributed by atoms with van der Waals surface area (Å²) in [5, 5.41) is 16.0. The number of carbonyl (C=O) groups is 3. The first kappa shape index (κ1) is 43.0. The lowest BCUT2D eigenvalue weighted by molar-refractivity contribution is -0.137. The predicted octanol–water partition coefficient (Wildman–Crippen LogP) is 9.56. The third-order valence-electron chi connectivity index (χ3n) is 9.35. The van der Waals surface area contributed by atoms with Crippen LogP contribution >= 0.6 is 0 Å². The van der Waals surface area contributed by atoms with Gasteiger partial charge in [0.2, 0.25) is 10.0 Å². The quantitative estimate of drug-likeness (QED) is 0.0491. The molecule has 0 atom stereocenters. The highest BCUT2D eigenvalue weighted by molar-refractivity contribution is 7.92. The SMILES string of the molecule is COc1cc(Cc2cc(Oc3ccc(NC(=O)Nc4cc(C(C)(C)C)cc(NS(C)(=O)=O)c4OC)c4ccccc34)ccn2)ccc1C(=O)CCCCCCC(=O)O. The Morgan fingerprint density at radius 3 is 2.12 bits per heavy atom. The fraction of sp³-hybridized carbons (Fsp3) is 0.318. The van der Waals surface area contributed by atoms with Crippen molar-refractivity contribution >= 4 is 55.6 Å². The Morgan fingerprint density at radius 1 is 0.759 bits per heavy atom. The number of rotatable bonds is 18. The van der Waals surface area contributed by atoms with Gasteiger partial charge in [-0.3, -0.25) is 19.3 Å². The molecular weight excluding hydrogens is 761 g/mol. The number of aromatic nitrogens is 1. The Hall–Kier alpha value is -6.15. The van der Waals surface area contributed by atoms with Gasteiger partial charge in [-0.1, -0.05) is 63.9 Å². The summed E-state index contributed by atoms with van der Waals surface area (Å²) in [5.41, 5.74) is 3.57. The number of carboxylic acid groups (broad SMARTS) is 1. The zero-order chi connectivity index (χ0) is 42.0. The molecule has 0 bridgehead atoms. The maximum atomic E-state index is 13.5. The van der Waals surface area contributed by atoms with E-state index in [4.69, 9.17) is 19.3 Å². The molecule has 306 valence electrons. The summed E-state index contributed by atoms with van der Waals surface area (Å²) in [5.74, 6) is 0.940. The fourth-order valence-corrected chi connectivity index (χ4v) is 7.02. The van der Waals surface area contributed by atoms with Crippen molar-refractivity contribution in [3.63, 3.8) is 0 Å². The van der Waals surface area contributed by atoms with E-state index >= 15 is 0 Å². The lowest BCUT2D eigenvalue weighted by Crippen LogP contribution is -2.22. The van der Waals surface area contributed by atoms with E-state index in [-0.39, 0.29) is 34.7 Å². The molecule has 0 fully saturated rings. The minimum atomic E-state index is -3.65. The second kappa shape index (κ2) is 18.9. The number of sulfonamides is 1. The van der Waals surface area contributed by atoms with E-state index < -0.39 is 22.0 Å². The van der Waals surface area contributed by atoms with Crippen molar-refractivity contribution in [1.29, 1.82) is 0 Å². The molecule has 0 aliphatic rings. The lowest BCUT2D eigenvalue weighted by atomic mass is 9.86. The van der Waals surface area contributed by atoms with E-state index in [1.54, 1.807) is 42.6 Å². The van der Waals surface area contributed by atoms with E-state index in [9.17, 15) is 22.8 Å². The Balaban J connectivity index is 1.29. The first-order chi connectivity index (χ1) is 27.5. The van der Waals surface area contributed by atoms with Crippen molar-refractivity contribution in [3.8, 4) is 23.0 Å². The number of aliphatic carboxylic acids is 1. The highest BCUT2D eigenvalue weighted by atomic mass is 32.2. The molecular formula is C44H50N4O9S. The van der Waals surface area contributed by atoms with E-state index in [0.29, 0.717) is 54.2 Å². The summed E-state index contributed by atoms with van der Waals surface area (Å²) >= 11 is 0. The second-order valence-electron chi connectivity index (χ2n) is 15.0. The summed E-state index contributed by atoms with van der Waals surface area (Å²) in [4.78, 5) is 41.7. The first-order valence-electron chi connectivity index (χ1n) is 18.9. The maximum Gasteiger partial charge on any atom is 0.323 e. The highest BCUT2D eigenvalue weighted by Gasteiger charge is 2.23. The summed E-state index contributed by atoms with van der Waals surface area (Å²) in [6, 6.07) is 23.0. The zero-order valence-electron chi connectivity index (χ0n) is 33.6. The average molecular weight is 811 g/mol. The number of nitrogens with one attached hydrogen (secondary N) is 3. The van der Waals surface area contributed by atoms with Crippen LogP contribution in [0.2, 0.25) is 0 Å². The number of fused-ring (bicyclic) bond motifs is 1. The number of methoxy groups -OCH3 is 2. The number of carboxylic acids is 1. The molecule has 14 heteroatoms. The molecule has 13 nitrogen and oxygen atoms in total. The molecule has 1 aromatic heterocycles. The van der Waals surface area contributed by atoms with Crippen molar-refractivity contribution < 1.29 is 42.1 Å². The van der Waals surface area contributed by atoms with Gasteiger partial charge in [0.25, 0.3) is 0 Å². The van der Waals surface area contributed by atoms with Crippen molar-refractivity contribution in [2.24, 2.45) is 0 Å². The lowest BCUT2D eigenvalue weighted by Gasteiger charge is -2.24. The number of benzene rings is 4. The number of pyridine rings is 1. The first-order valence-corrected chi connectivity index (χ1v) is 20.8. The Labute approximate surface area is 339 Å². The van der Waals surface area contributed by atoms with Gasteiger partial charge in [0.15, 0.2) is 11.5 Å². The van der Waals surface area contributed by atoms with Gasteiger partial charge < -0.3 is 30.0 Å². The third-order valence-corrected chi connectivity index (χ3v) is 9.94. The summed E-state index contributed by atoms with van der Waals surface area (Å²) in [6.45, 7) is 5.94. The molecule has 0 unspecified atom stereocenters. The van der Waals surface area contributed by atoms with Gasteiger partial charge >= 0.3 is 12.0 Å². The second-order valence-corrected chi connectivity index (χ2v) is 16.7. The molecule has 1 heterocycles. The standard InChI is InChI=1S/C44H50N4O9S/c1-44(2,3)29-25-36(42(56-5)37(26-29)48-58(6,53)54)47-43(52)46-35-19-20-39(33-14-12-11-13-32(33)35)57-31-21-22-45-30(27-31)23-28-17-18-34(40(24-28)55-4)38(49)15-9-7-8-10-16-41(50)51/h11-14,17-22,24-27,48H,7-10,15-16,23H2,1-6H3,(H,50,51)(H2,46,47,52). The molecule has 0 saturated carbocycles. The van der Waals surface area contributed by atoms with Gasteiger partial charge in [-0.15, -0.1) is 0 Å². The maximum absolute atomic E-state index is 13.5. The van der Waals surface area contributed by atoms with Gasteiger partial charge in [0, 0.05) is 48.0 Å². The van der Waals surface area contributed by atoms with Crippen LogP contribution in [0.1, 0.15) is 86.5 Å². The summed E-state index contributed by atoms with van der Waals surface area (Å²) < 4.78 is 44.3. The van der Waals surface area contributed by atoms with Gasteiger partial charge in [0.1, 0.15) is 17.2 Å². The number of amides is 2. The molecule has 0 spiro atoms. The topological polar surface area (TPSA) is 182 Å². The number of anilines is 3. The van der Waals surface area contributed by atoms with Crippen molar-refractivity contribution in [1.82, 2.24) is 4.98 Å². The van der Waals surface area contributed by atoms with E-state index in [2.05, 4.69) is 20.3 Å². The predicted molar refractivity (Wildman–Crippen MR) is 227 cm³/mol. The van der Waals surface area contributed by atoms with Crippen molar-refractivity contribution in [2.45, 2.75) is 71.1 Å². The van der Waals surface area contributed by atoms with Crippen molar-refractivity contribution in [3.05, 3.63) is 107 Å². The van der Waals surface area contributed by atoms with Crippen LogP contribution in [0.25, 0.3) is 10.8 Å². The number of urea groups is 1. The number of hydrogen-bond donors (Lipinski definition) is 4. The Bertz CT molecular complexity index is 2410. The van der Waals surface area contributed by atoms with Crippen LogP contribution in [0.15, 0.2) is 85.1 Å². The molecule has 0 radical (unpaired) electrons. The average Bonchev–Trinajstić information content (AvgIpc) is 3.16. The molecule has 5 aromatic rings. The number of carbonyl (C=O) groups excluding carboxylic acids is 2. The molecule has 5 rings (SSSR count). The zero-order valence-corrected chi connectivity index (χ0v) is 34.4. The van der Waals surface area contributed by atoms with Gasteiger partial charge in [0.05, 0.1) is 43.1 Å². The molecule has 0 aliphatic heterocycles. The Morgan fingerprint density at radius 2 is 1.45 bits per heavy atom.